The molecule has 0 radical (unpaired) electrons. The highest BCUT2D eigenvalue weighted by molar-refractivity contribution is 7.99. The predicted molar refractivity (Wildman–Crippen MR) is 73.0 cm³/mol. The van der Waals surface area contributed by atoms with Gasteiger partial charge in [-0.1, -0.05) is 17.7 Å². The first-order valence-electron chi connectivity index (χ1n) is 5.71. The molecule has 2 aromatic rings. The van der Waals surface area contributed by atoms with Crippen LogP contribution in [0.15, 0.2) is 47.6 Å². The minimum Gasteiger partial charge on any atom is -0.323 e. The Balaban J connectivity index is 1.98. The van der Waals surface area contributed by atoms with Crippen LogP contribution in [-0.2, 0) is 0 Å². The van der Waals surface area contributed by atoms with E-state index in [4.69, 9.17) is 5.73 Å². The lowest BCUT2D eigenvalue weighted by Gasteiger charge is -2.12. The lowest BCUT2D eigenvalue weighted by molar-refractivity contribution is 0.589. The van der Waals surface area contributed by atoms with E-state index in [0.717, 1.165) is 4.90 Å². The van der Waals surface area contributed by atoms with Gasteiger partial charge in [0.25, 0.3) is 0 Å². The zero-order valence-electron chi connectivity index (χ0n) is 10.1. The summed E-state index contributed by atoms with van der Waals surface area (Å²) in [5.74, 6) is 0.304. The van der Waals surface area contributed by atoms with Gasteiger partial charge in [0, 0.05) is 28.5 Å². The molecular formula is C14H15FN2S. The summed E-state index contributed by atoms with van der Waals surface area (Å²) < 4.78 is 13.5. The number of aryl methyl sites for hydroxylation is 1. The van der Waals surface area contributed by atoms with Gasteiger partial charge in [-0.05, 0) is 25.1 Å². The van der Waals surface area contributed by atoms with Gasteiger partial charge < -0.3 is 5.73 Å². The molecule has 18 heavy (non-hydrogen) atoms. The quantitative estimate of drug-likeness (QED) is 0.859. The fourth-order valence-electron chi connectivity index (χ4n) is 1.60. The summed E-state index contributed by atoms with van der Waals surface area (Å²) in [4.78, 5) is 4.86. The molecule has 4 heteroatoms. The molecule has 0 aliphatic heterocycles. The highest BCUT2D eigenvalue weighted by atomic mass is 32.2. The highest BCUT2D eigenvalue weighted by Gasteiger charge is 2.11. The molecule has 1 unspecified atom stereocenters. The van der Waals surface area contributed by atoms with E-state index >= 15 is 0 Å². The van der Waals surface area contributed by atoms with Crippen LogP contribution >= 0.6 is 11.8 Å². The largest absolute Gasteiger partial charge is 0.323 e. The molecule has 2 nitrogen and oxygen atoms in total. The minimum absolute atomic E-state index is 0.320. The second kappa shape index (κ2) is 5.98. The van der Waals surface area contributed by atoms with Crippen LogP contribution in [0.25, 0.3) is 0 Å². The molecule has 0 aliphatic carbocycles. The van der Waals surface area contributed by atoms with Crippen molar-refractivity contribution in [1.82, 2.24) is 4.98 Å². The van der Waals surface area contributed by atoms with Gasteiger partial charge in [0.05, 0.1) is 6.20 Å². The lowest BCUT2D eigenvalue weighted by atomic mass is 10.1. The average Bonchev–Trinajstić information content (AvgIpc) is 2.38. The number of benzene rings is 1. The Morgan fingerprint density at radius 2 is 2.00 bits per heavy atom. The Labute approximate surface area is 110 Å². The normalized spacial score (nSPS) is 12.4. The van der Waals surface area contributed by atoms with Crippen LogP contribution in [0.1, 0.15) is 17.2 Å². The van der Waals surface area contributed by atoms with Crippen LogP contribution in [0.2, 0.25) is 0 Å². The Bertz CT molecular complexity index is 513. The molecule has 2 rings (SSSR count). The van der Waals surface area contributed by atoms with Crippen LogP contribution in [0, 0.1) is 12.7 Å². The van der Waals surface area contributed by atoms with E-state index in [0.29, 0.717) is 11.3 Å². The van der Waals surface area contributed by atoms with Gasteiger partial charge in [-0.2, -0.15) is 0 Å². The fourth-order valence-corrected chi connectivity index (χ4v) is 2.48. The van der Waals surface area contributed by atoms with Crippen molar-refractivity contribution in [1.29, 1.82) is 0 Å². The number of nitrogens with two attached hydrogens (primary N) is 1. The van der Waals surface area contributed by atoms with Gasteiger partial charge in [-0.3, -0.25) is 4.98 Å². The maximum Gasteiger partial charge on any atom is 0.146 e. The number of thioether (sulfide) groups is 1. The first-order valence-corrected chi connectivity index (χ1v) is 6.70. The molecule has 2 N–H and O–H groups in total. The third-order valence-electron chi connectivity index (χ3n) is 2.65. The SMILES string of the molecule is Cc1ccc(SCC(N)c2ccncc2F)cc1. The summed E-state index contributed by atoms with van der Waals surface area (Å²) in [5.41, 5.74) is 7.73. The summed E-state index contributed by atoms with van der Waals surface area (Å²) in [5, 5.41) is 0. The summed E-state index contributed by atoms with van der Waals surface area (Å²) in [6.07, 6.45) is 2.76. The zero-order chi connectivity index (χ0) is 13.0. The topological polar surface area (TPSA) is 38.9 Å². The molecule has 0 bridgehead atoms. The number of nitrogens with zero attached hydrogens (tertiary/aromatic N) is 1. The van der Waals surface area contributed by atoms with Crippen LogP contribution < -0.4 is 5.73 Å². The second-order valence-electron chi connectivity index (χ2n) is 4.13. The molecule has 1 aromatic carbocycles. The molecule has 1 heterocycles. The van der Waals surface area contributed by atoms with E-state index in [9.17, 15) is 4.39 Å². The number of hydrogen-bond donors (Lipinski definition) is 1. The molecule has 0 fully saturated rings. The van der Waals surface area contributed by atoms with Gasteiger partial charge in [-0.25, -0.2) is 4.39 Å². The summed E-state index contributed by atoms with van der Waals surface area (Å²) in [7, 11) is 0. The van der Waals surface area contributed by atoms with Crippen LogP contribution in [0.5, 0.6) is 0 Å². The third kappa shape index (κ3) is 3.31. The average molecular weight is 262 g/mol. The van der Waals surface area contributed by atoms with Gasteiger partial charge in [0.15, 0.2) is 0 Å². The fraction of sp³-hybridized carbons (Fsp3) is 0.214. The van der Waals surface area contributed by atoms with Crippen molar-refractivity contribution in [2.45, 2.75) is 17.9 Å². The smallest absolute Gasteiger partial charge is 0.146 e. The number of hydrogen-bond acceptors (Lipinski definition) is 3. The molecule has 0 saturated carbocycles. The maximum atomic E-state index is 13.5. The molecule has 0 saturated heterocycles. The Kier molecular flexibility index (Phi) is 4.33. The van der Waals surface area contributed by atoms with E-state index < -0.39 is 0 Å². The second-order valence-corrected chi connectivity index (χ2v) is 5.22. The summed E-state index contributed by atoms with van der Waals surface area (Å²) >= 11 is 1.63. The number of aromatic nitrogens is 1. The third-order valence-corrected chi connectivity index (χ3v) is 3.79. The molecule has 0 aliphatic rings. The summed E-state index contributed by atoms with van der Waals surface area (Å²) in [6, 6.07) is 9.53. The Morgan fingerprint density at radius 3 is 2.67 bits per heavy atom. The van der Waals surface area contributed by atoms with E-state index in [2.05, 4.69) is 29.2 Å². The minimum atomic E-state index is -0.338. The lowest BCUT2D eigenvalue weighted by Crippen LogP contribution is -2.14. The number of pyridine rings is 1. The van der Waals surface area contributed by atoms with Crippen molar-refractivity contribution in [3.05, 3.63) is 59.7 Å². The van der Waals surface area contributed by atoms with E-state index in [-0.39, 0.29) is 11.9 Å². The van der Waals surface area contributed by atoms with Crippen molar-refractivity contribution in [2.24, 2.45) is 5.73 Å². The van der Waals surface area contributed by atoms with E-state index in [1.54, 1.807) is 24.0 Å². The van der Waals surface area contributed by atoms with Gasteiger partial charge in [0.2, 0.25) is 0 Å². The van der Waals surface area contributed by atoms with Crippen molar-refractivity contribution in [3.63, 3.8) is 0 Å². The monoisotopic (exact) mass is 262 g/mol. The maximum absolute atomic E-state index is 13.5. The Hall–Kier alpha value is -1.39. The molecular weight excluding hydrogens is 247 g/mol. The molecule has 0 amide bonds. The van der Waals surface area contributed by atoms with Gasteiger partial charge >= 0.3 is 0 Å². The van der Waals surface area contributed by atoms with Crippen LogP contribution in [0.4, 0.5) is 4.39 Å². The highest BCUT2D eigenvalue weighted by Crippen LogP contribution is 2.24. The first kappa shape index (κ1) is 13.1. The van der Waals surface area contributed by atoms with E-state index in [1.165, 1.54) is 11.8 Å². The number of halogens is 1. The van der Waals surface area contributed by atoms with E-state index in [1.807, 2.05) is 6.92 Å². The zero-order valence-corrected chi connectivity index (χ0v) is 11.0. The van der Waals surface area contributed by atoms with Crippen LogP contribution in [-0.4, -0.2) is 10.7 Å². The predicted octanol–water partition coefficient (Wildman–Crippen LogP) is 3.32. The first-order chi connectivity index (χ1) is 8.66. The molecule has 94 valence electrons. The molecule has 1 aromatic heterocycles. The number of rotatable bonds is 4. The van der Waals surface area contributed by atoms with Gasteiger partial charge in [-0.15, -0.1) is 11.8 Å². The Morgan fingerprint density at radius 1 is 1.28 bits per heavy atom. The van der Waals surface area contributed by atoms with Crippen molar-refractivity contribution >= 4 is 11.8 Å². The van der Waals surface area contributed by atoms with Crippen molar-refractivity contribution < 1.29 is 4.39 Å². The van der Waals surface area contributed by atoms with Crippen LogP contribution in [0.3, 0.4) is 0 Å². The van der Waals surface area contributed by atoms with Crippen molar-refractivity contribution in [2.75, 3.05) is 5.75 Å². The van der Waals surface area contributed by atoms with Gasteiger partial charge in [0.1, 0.15) is 5.82 Å². The van der Waals surface area contributed by atoms with Crippen molar-refractivity contribution in [3.8, 4) is 0 Å². The molecule has 1 atom stereocenters. The molecule has 0 spiro atoms. The standard InChI is InChI=1S/C14H15FN2S/c1-10-2-4-11(5-3-10)18-9-14(16)12-6-7-17-8-13(12)15/h2-8,14H,9,16H2,1H3. The summed E-state index contributed by atoms with van der Waals surface area (Å²) in [6.45, 7) is 2.05.